The van der Waals surface area contributed by atoms with Gasteiger partial charge < -0.3 is 25.2 Å². The number of hydrogen-bond donors (Lipinski definition) is 4. The molecule has 6 atom stereocenters. The van der Waals surface area contributed by atoms with Gasteiger partial charge in [-0.1, -0.05) is 29.5 Å². The molecule has 1 saturated heterocycles. The van der Waals surface area contributed by atoms with Gasteiger partial charge in [0, 0.05) is 5.56 Å². The Morgan fingerprint density at radius 3 is 2.42 bits per heavy atom. The van der Waals surface area contributed by atoms with E-state index in [0.717, 1.165) is 34.4 Å². The van der Waals surface area contributed by atoms with E-state index in [1.165, 1.54) is 18.0 Å². The number of aliphatic hydroxyl groups is 4. The van der Waals surface area contributed by atoms with Gasteiger partial charge in [0.05, 0.1) is 23.7 Å². The van der Waals surface area contributed by atoms with E-state index in [4.69, 9.17) is 4.74 Å². The maximum Gasteiger partial charge on any atom is 0.194 e. The van der Waals surface area contributed by atoms with Crippen molar-refractivity contribution in [3.63, 3.8) is 0 Å². The van der Waals surface area contributed by atoms with Crippen LogP contribution < -0.4 is 0 Å². The molecule has 1 aliphatic heterocycles. The number of aryl methyl sites for hydroxylation is 1. The molecule has 1 aromatic heterocycles. The van der Waals surface area contributed by atoms with Crippen molar-refractivity contribution >= 4 is 11.8 Å². The highest BCUT2D eigenvalue weighted by molar-refractivity contribution is 8.00. The Balaban J connectivity index is 1.46. The van der Waals surface area contributed by atoms with Crippen LogP contribution in [-0.2, 0) is 4.74 Å². The maximum absolute atomic E-state index is 13.8. The number of rotatable bonds is 7. The number of hydrogen-bond acceptors (Lipinski definition) is 8. The van der Waals surface area contributed by atoms with E-state index in [0.29, 0.717) is 12.8 Å². The lowest BCUT2D eigenvalue weighted by Crippen LogP contribution is -2.55. The third kappa shape index (κ3) is 4.85. The van der Waals surface area contributed by atoms with Crippen molar-refractivity contribution in [2.24, 2.45) is 0 Å². The topological polar surface area (TPSA) is 121 Å². The van der Waals surface area contributed by atoms with E-state index < -0.39 is 64.7 Å². The van der Waals surface area contributed by atoms with Crippen LogP contribution in [0.25, 0.3) is 11.3 Å². The standard InChI is InChI=1S/C26H28F3N3O5S/c1-13-5-2-3-6-15(13)24(26(36)7-4-8-26)38-25-23(35)21(22(34)19(12-33)37-25)32-11-18(30-31-32)14-9-16(27)20(29)17(28)10-14/h2-3,5-6,9-11,19,21-25,33-36H,4,7-8,12H2,1H3/t19-,21+,22+,23-,24?,25+/m1/s1. The zero-order valence-electron chi connectivity index (χ0n) is 20.4. The Morgan fingerprint density at radius 2 is 1.82 bits per heavy atom. The molecule has 2 aliphatic rings. The van der Waals surface area contributed by atoms with E-state index in [9.17, 15) is 33.6 Å². The van der Waals surface area contributed by atoms with Crippen LogP contribution in [0.5, 0.6) is 0 Å². The molecule has 4 N–H and O–H groups in total. The van der Waals surface area contributed by atoms with Crippen molar-refractivity contribution in [1.82, 2.24) is 15.0 Å². The number of thioether (sulfide) groups is 1. The van der Waals surface area contributed by atoms with Gasteiger partial charge in [-0.15, -0.1) is 16.9 Å². The summed E-state index contributed by atoms with van der Waals surface area (Å²) in [6, 6.07) is 8.01. The van der Waals surface area contributed by atoms with Gasteiger partial charge in [-0.05, 0) is 49.4 Å². The summed E-state index contributed by atoms with van der Waals surface area (Å²) < 4.78 is 48.0. The Labute approximate surface area is 221 Å². The second-order valence-electron chi connectivity index (χ2n) is 9.86. The van der Waals surface area contributed by atoms with Gasteiger partial charge in [0.2, 0.25) is 0 Å². The lowest BCUT2D eigenvalue weighted by molar-refractivity contribution is -0.179. The van der Waals surface area contributed by atoms with Crippen LogP contribution in [0.1, 0.15) is 41.7 Å². The van der Waals surface area contributed by atoms with Gasteiger partial charge >= 0.3 is 0 Å². The minimum Gasteiger partial charge on any atom is -0.394 e. The number of aliphatic hydroxyl groups excluding tert-OH is 3. The van der Waals surface area contributed by atoms with E-state index >= 15 is 0 Å². The highest BCUT2D eigenvalue weighted by atomic mass is 32.2. The molecular weight excluding hydrogens is 523 g/mol. The van der Waals surface area contributed by atoms with Gasteiger partial charge in [-0.25, -0.2) is 17.9 Å². The molecule has 2 fully saturated rings. The number of aromatic nitrogens is 3. The second kappa shape index (κ2) is 10.6. The molecule has 204 valence electrons. The molecule has 12 heteroatoms. The van der Waals surface area contributed by atoms with Gasteiger partial charge in [0.1, 0.15) is 35.5 Å². The van der Waals surface area contributed by atoms with Crippen LogP contribution in [0.2, 0.25) is 0 Å². The normalized spacial score (nSPS) is 27.6. The van der Waals surface area contributed by atoms with Crippen molar-refractivity contribution in [2.75, 3.05) is 6.61 Å². The zero-order valence-corrected chi connectivity index (χ0v) is 21.2. The SMILES string of the molecule is Cc1ccccc1C(S[C@@H]1O[C@H](CO)[C@H](O)[C@H](n2cc(-c3cc(F)c(F)c(F)c3)nn2)[C@H]1O)C1(O)CCC1. The molecule has 2 heterocycles. The molecule has 0 radical (unpaired) electrons. The first kappa shape index (κ1) is 27.1. The average molecular weight is 552 g/mol. The van der Waals surface area contributed by atoms with Crippen LogP contribution in [0.4, 0.5) is 13.2 Å². The highest BCUT2D eigenvalue weighted by Crippen LogP contribution is 2.53. The van der Waals surface area contributed by atoms with Crippen LogP contribution in [0, 0.1) is 24.4 Å². The molecule has 2 aromatic carbocycles. The molecule has 3 aromatic rings. The van der Waals surface area contributed by atoms with Crippen LogP contribution in [0.3, 0.4) is 0 Å². The van der Waals surface area contributed by atoms with E-state index in [1.807, 2.05) is 31.2 Å². The highest BCUT2D eigenvalue weighted by Gasteiger charge is 2.51. The fourth-order valence-electron chi connectivity index (χ4n) is 5.06. The molecule has 5 rings (SSSR count). The third-order valence-corrected chi connectivity index (χ3v) is 9.02. The first-order chi connectivity index (χ1) is 18.1. The lowest BCUT2D eigenvalue weighted by Gasteiger charge is -2.47. The number of ether oxygens (including phenoxy) is 1. The molecule has 0 bridgehead atoms. The number of benzene rings is 2. The summed E-state index contributed by atoms with van der Waals surface area (Å²) in [6.45, 7) is 1.38. The van der Waals surface area contributed by atoms with Gasteiger partial charge in [0.25, 0.3) is 0 Å². The fraction of sp³-hybridized carbons (Fsp3) is 0.462. The van der Waals surface area contributed by atoms with Gasteiger partial charge in [-0.2, -0.15) is 0 Å². The summed E-state index contributed by atoms with van der Waals surface area (Å²) in [6.07, 6.45) is -0.592. The zero-order chi connectivity index (χ0) is 27.2. The minimum absolute atomic E-state index is 0.0139. The molecule has 0 spiro atoms. The van der Waals surface area contributed by atoms with Gasteiger partial charge in [0.15, 0.2) is 17.5 Å². The molecule has 1 saturated carbocycles. The summed E-state index contributed by atoms with van der Waals surface area (Å²) in [7, 11) is 0. The summed E-state index contributed by atoms with van der Waals surface area (Å²) in [5.74, 6) is -4.40. The maximum atomic E-state index is 13.8. The molecule has 38 heavy (non-hydrogen) atoms. The van der Waals surface area contributed by atoms with Crippen molar-refractivity contribution in [3.8, 4) is 11.3 Å². The average Bonchev–Trinajstić information content (AvgIpc) is 3.36. The molecule has 1 unspecified atom stereocenters. The quantitative estimate of drug-likeness (QED) is 0.331. The van der Waals surface area contributed by atoms with Gasteiger partial charge in [-0.3, -0.25) is 0 Å². The number of halogens is 3. The Morgan fingerprint density at radius 1 is 1.13 bits per heavy atom. The second-order valence-corrected chi connectivity index (χ2v) is 11.1. The lowest BCUT2D eigenvalue weighted by atomic mass is 9.75. The van der Waals surface area contributed by atoms with Crippen LogP contribution in [0.15, 0.2) is 42.6 Å². The van der Waals surface area contributed by atoms with Crippen molar-refractivity contribution in [3.05, 3.63) is 71.2 Å². The summed E-state index contributed by atoms with van der Waals surface area (Å²) in [4.78, 5) is 0. The molecule has 8 nitrogen and oxygen atoms in total. The van der Waals surface area contributed by atoms with Crippen LogP contribution in [-0.4, -0.2) is 71.4 Å². The first-order valence-electron chi connectivity index (χ1n) is 12.3. The predicted octanol–water partition coefficient (Wildman–Crippen LogP) is 3.04. The number of nitrogens with zero attached hydrogens (tertiary/aromatic N) is 3. The summed E-state index contributed by atoms with van der Waals surface area (Å²) in [5, 5.41) is 50.9. The smallest absolute Gasteiger partial charge is 0.194 e. The molecule has 1 aliphatic carbocycles. The summed E-state index contributed by atoms with van der Waals surface area (Å²) >= 11 is 1.21. The fourth-order valence-corrected chi connectivity index (χ4v) is 6.75. The third-order valence-electron chi connectivity index (χ3n) is 7.39. The van der Waals surface area contributed by atoms with Crippen LogP contribution >= 0.6 is 11.8 Å². The first-order valence-corrected chi connectivity index (χ1v) is 13.2. The van der Waals surface area contributed by atoms with E-state index in [2.05, 4.69) is 10.3 Å². The Kier molecular flexibility index (Phi) is 7.55. The van der Waals surface area contributed by atoms with E-state index in [-0.39, 0.29) is 11.3 Å². The molecule has 0 amide bonds. The Bertz CT molecular complexity index is 1280. The largest absolute Gasteiger partial charge is 0.394 e. The minimum atomic E-state index is -1.61. The Hall–Kier alpha value is -2.48. The summed E-state index contributed by atoms with van der Waals surface area (Å²) in [5.41, 5.74) is -0.242. The molecular formula is C26H28F3N3O5S. The van der Waals surface area contributed by atoms with Crippen molar-refractivity contribution in [2.45, 2.75) is 66.8 Å². The predicted molar refractivity (Wildman–Crippen MR) is 132 cm³/mol. The van der Waals surface area contributed by atoms with Crippen molar-refractivity contribution < 1.29 is 38.3 Å². The monoisotopic (exact) mass is 551 g/mol. The van der Waals surface area contributed by atoms with Crippen molar-refractivity contribution in [1.29, 1.82) is 0 Å². The van der Waals surface area contributed by atoms with E-state index in [1.54, 1.807) is 0 Å².